The highest BCUT2D eigenvalue weighted by Gasteiger charge is 2.25. The topological polar surface area (TPSA) is 74.5 Å². The highest BCUT2D eigenvalue weighted by atomic mass is 16.5. The quantitative estimate of drug-likeness (QED) is 0.562. The third-order valence-corrected chi connectivity index (χ3v) is 3.63. The Bertz CT molecular complexity index is 540. The molecule has 1 heterocycles. The van der Waals surface area contributed by atoms with Crippen LogP contribution in [0.15, 0.2) is 29.3 Å². The van der Waals surface area contributed by atoms with Crippen LogP contribution >= 0.6 is 0 Å². The summed E-state index contributed by atoms with van der Waals surface area (Å²) >= 11 is 0. The van der Waals surface area contributed by atoms with Gasteiger partial charge in [-0.25, -0.2) is 0 Å². The van der Waals surface area contributed by atoms with Crippen molar-refractivity contribution in [2.24, 2.45) is 10.9 Å². The van der Waals surface area contributed by atoms with E-state index >= 15 is 0 Å². The largest absolute Gasteiger partial charge is 0.497 e. The van der Waals surface area contributed by atoms with Crippen LogP contribution in [0.25, 0.3) is 0 Å². The van der Waals surface area contributed by atoms with E-state index in [1.807, 2.05) is 24.3 Å². The smallest absolute Gasteiger partial charge is 0.155 e. The fourth-order valence-electron chi connectivity index (χ4n) is 2.45. The van der Waals surface area contributed by atoms with Gasteiger partial charge in [0.2, 0.25) is 0 Å². The monoisotopic (exact) mass is 287 g/mol. The summed E-state index contributed by atoms with van der Waals surface area (Å²) in [4.78, 5) is 16.2. The fraction of sp³-hybridized carbons (Fsp3) is 0.438. The van der Waals surface area contributed by atoms with E-state index in [9.17, 15) is 4.79 Å². The SMILES string of the molecule is COc1cccc(CCNCC(=O)C2CCN=C2C=N)c1. The van der Waals surface area contributed by atoms with E-state index in [-0.39, 0.29) is 11.7 Å². The number of nitrogens with zero attached hydrogens (tertiary/aromatic N) is 1. The van der Waals surface area contributed by atoms with E-state index in [4.69, 9.17) is 10.1 Å². The molecule has 112 valence electrons. The predicted molar refractivity (Wildman–Crippen MR) is 83.8 cm³/mol. The van der Waals surface area contributed by atoms with Gasteiger partial charge in [0.25, 0.3) is 0 Å². The minimum Gasteiger partial charge on any atom is -0.497 e. The van der Waals surface area contributed by atoms with Gasteiger partial charge in [-0.15, -0.1) is 0 Å². The summed E-state index contributed by atoms with van der Waals surface area (Å²) in [5.41, 5.74) is 1.80. The Hall–Kier alpha value is -2.01. The van der Waals surface area contributed by atoms with Crippen molar-refractivity contribution in [1.29, 1.82) is 5.41 Å². The summed E-state index contributed by atoms with van der Waals surface area (Å²) in [6, 6.07) is 7.92. The molecule has 0 amide bonds. The molecule has 1 aromatic carbocycles. The lowest BCUT2D eigenvalue weighted by Crippen LogP contribution is -2.32. The Balaban J connectivity index is 1.73. The third-order valence-electron chi connectivity index (χ3n) is 3.63. The van der Waals surface area contributed by atoms with Gasteiger partial charge >= 0.3 is 0 Å². The molecule has 0 aliphatic carbocycles. The van der Waals surface area contributed by atoms with Crippen LogP contribution in [0, 0.1) is 11.3 Å². The van der Waals surface area contributed by atoms with E-state index in [2.05, 4.69) is 10.3 Å². The van der Waals surface area contributed by atoms with Gasteiger partial charge in [-0.3, -0.25) is 9.79 Å². The van der Waals surface area contributed by atoms with Crippen LogP contribution in [0.5, 0.6) is 5.75 Å². The molecule has 0 spiro atoms. The van der Waals surface area contributed by atoms with Crippen molar-refractivity contribution in [3.63, 3.8) is 0 Å². The Morgan fingerprint density at radius 2 is 2.43 bits per heavy atom. The van der Waals surface area contributed by atoms with Crippen LogP contribution < -0.4 is 10.1 Å². The Morgan fingerprint density at radius 1 is 1.57 bits per heavy atom. The van der Waals surface area contributed by atoms with Crippen molar-refractivity contribution in [2.75, 3.05) is 26.7 Å². The molecular weight excluding hydrogens is 266 g/mol. The minimum absolute atomic E-state index is 0.125. The molecule has 0 fully saturated rings. The molecule has 0 bridgehead atoms. The van der Waals surface area contributed by atoms with Gasteiger partial charge in [-0.1, -0.05) is 12.1 Å². The summed E-state index contributed by atoms with van der Waals surface area (Å²) in [6.45, 7) is 1.73. The van der Waals surface area contributed by atoms with Crippen LogP contribution in [-0.2, 0) is 11.2 Å². The second kappa shape index (κ2) is 7.69. The normalized spacial score (nSPS) is 17.4. The number of aliphatic imine (C=N–C) groups is 1. The zero-order valence-electron chi connectivity index (χ0n) is 12.3. The maximum atomic E-state index is 12.1. The number of nitrogens with one attached hydrogen (secondary N) is 2. The summed E-state index contributed by atoms with van der Waals surface area (Å²) in [5.74, 6) is 0.786. The van der Waals surface area contributed by atoms with Crippen LogP contribution in [0.1, 0.15) is 12.0 Å². The Morgan fingerprint density at radius 3 is 3.19 bits per heavy atom. The first-order valence-electron chi connectivity index (χ1n) is 7.15. The Labute approximate surface area is 124 Å². The van der Waals surface area contributed by atoms with E-state index in [0.29, 0.717) is 18.8 Å². The summed E-state index contributed by atoms with van der Waals surface area (Å²) < 4.78 is 5.18. The van der Waals surface area contributed by atoms with E-state index in [1.54, 1.807) is 7.11 Å². The average molecular weight is 287 g/mol. The standard InChI is InChI=1S/C16H21N3O2/c1-21-13-4-2-3-12(9-13)5-7-18-11-16(20)14-6-8-19-15(14)10-17/h2-4,9-10,14,17-18H,5-8,11H2,1H3. The molecule has 1 aliphatic heterocycles. The fourth-order valence-corrected chi connectivity index (χ4v) is 2.45. The van der Waals surface area contributed by atoms with Gasteiger partial charge in [-0.2, -0.15) is 0 Å². The molecular formula is C16H21N3O2. The van der Waals surface area contributed by atoms with Crippen molar-refractivity contribution < 1.29 is 9.53 Å². The van der Waals surface area contributed by atoms with Crippen molar-refractivity contribution in [3.8, 4) is 5.75 Å². The number of hydrogen-bond donors (Lipinski definition) is 2. The first-order chi connectivity index (χ1) is 10.2. The van der Waals surface area contributed by atoms with Crippen LogP contribution in [0.4, 0.5) is 0 Å². The van der Waals surface area contributed by atoms with E-state index < -0.39 is 0 Å². The number of ketones is 1. The highest BCUT2D eigenvalue weighted by Crippen LogP contribution is 2.14. The van der Waals surface area contributed by atoms with Crippen molar-refractivity contribution in [3.05, 3.63) is 29.8 Å². The van der Waals surface area contributed by atoms with Crippen molar-refractivity contribution in [2.45, 2.75) is 12.8 Å². The summed E-state index contributed by atoms with van der Waals surface area (Å²) in [5, 5.41) is 10.4. The third kappa shape index (κ3) is 4.23. The maximum absolute atomic E-state index is 12.1. The van der Waals surface area contributed by atoms with Gasteiger partial charge < -0.3 is 15.5 Å². The van der Waals surface area contributed by atoms with Crippen LogP contribution in [0.3, 0.4) is 0 Å². The number of hydrogen-bond acceptors (Lipinski definition) is 5. The molecule has 0 radical (unpaired) electrons. The summed E-state index contributed by atoms with van der Waals surface area (Å²) in [6.07, 6.45) is 2.79. The first kappa shape index (κ1) is 15.4. The van der Waals surface area contributed by atoms with Crippen LogP contribution in [0.2, 0.25) is 0 Å². The lowest BCUT2D eigenvalue weighted by molar-refractivity contribution is -0.120. The molecule has 1 unspecified atom stereocenters. The molecule has 0 saturated heterocycles. The molecule has 0 saturated carbocycles. The lowest BCUT2D eigenvalue weighted by atomic mass is 9.97. The maximum Gasteiger partial charge on any atom is 0.155 e. The zero-order valence-corrected chi connectivity index (χ0v) is 12.3. The molecule has 5 heteroatoms. The van der Waals surface area contributed by atoms with E-state index in [1.165, 1.54) is 11.8 Å². The number of methoxy groups -OCH3 is 1. The van der Waals surface area contributed by atoms with Gasteiger partial charge in [-0.05, 0) is 37.1 Å². The molecule has 0 aromatic heterocycles. The number of benzene rings is 1. The molecule has 1 aliphatic rings. The molecule has 5 nitrogen and oxygen atoms in total. The zero-order chi connectivity index (χ0) is 15.1. The second-order valence-electron chi connectivity index (χ2n) is 5.04. The minimum atomic E-state index is -0.188. The Kier molecular flexibility index (Phi) is 5.63. The van der Waals surface area contributed by atoms with Crippen LogP contribution in [-0.4, -0.2) is 44.5 Å². The molecule has 2 N–H and O–H groups in total. The van der Waals surface area contributed by atoms with Gasteiger partial charge in [0.1, 0.15) is 5.75 Å². The molecule has 1 aromatic rings. The van der Waals surface area contributed by atoms with Gasteiger partial charge in [0.05, 0.1) is 25.3 Å². The lowest BCUT2D eigenvalue weighted by Gasteiger charge is -2.10. The number of carbonyl (C=O) groups is 1. The highest BCUT2D eigenvalue weighted by molar-refractivity contribution is 6.35. The molecule has 21 heavy (non-hydrogen) atoms. The predicted octanol–water partition coefficient (Wildman–Crippen LogP) is 1.51. The first-order valence-corrected chi connectivity index (χ1v) is 7.15. The molecule has 1 atom stereocenters. The molecule has 2 rings (SSSR count). The number of Topliss-reactive ketones (excluding diaryl/α,β-unsaturated/α-hetero) is 1. The van der Waals surface area contributed by atoms with Crippen molar-refractivity contribution >= 4 is 17.7 Å². The number of rotatable bonds is 8. The van der Waals surface area contributed by atoms with Gasteiger partial charge in [0.15, 0.2) is 5.78 Å². The number of carbonyl (C=O) groups excluding carboxylic acids is 1. The number of ether oxygens (including phenoxy) is 1. The van der Waals surface area contributed by atoms with Crippen molar-refractivity contribution in [1.82, 2.24) is 5.32 Å². The second-order valence-corrected chi connectivity index (χ2v) is 5.04. The average Bonchev–Trinajstić information content (AvgIpc) is 3.00. The van der Waals surface area contributed by atoms with Gasteiger partial charge in [0, 0.05) is 12.8 Å². The van der Waals surface area contributed by atoms with E-state index in [0.717, 1.165) is 25.1 Å². The summed E-state index contributed by atoms with van der Waals surface area (Å²) in [7, 11) is 1.65.